The van der Waals surface area contributed by atoms with Gasteiger partial charge in [-0.3, -0.25) is 0 Å². The topological polar surface area (TPSA) is 51.1 Å². The Morgan fingerprint density at radius 1 is 1.38 bits per heavy atom. The van der Waals surface area contributed by atoms with E-state index in [0.29, 0.717) is 17.2 Å². The lowest BCUT2D eigenvalue weighted by Gasteiger charge is -2.08. The van der Waals surface area contributed by atoms with Crippen molar-refractivity contribution in [1.29, 1.82) is 0 Å². The molecule has 0 fully saturated rings. The summed E-state index contributed by atoms with van der Waals surface area (Å²) < 4.78 is 10.3. The molecule has 0 N–H and O–H groups in total. The maximum absolute atomic E-state index is 10.2. The largest absolute Gasteiger partial charge is 0.454 e. The molecule has 0 spiro atoms. The average Bonchev–Trinajstić information content (AvgIpc) is 2.63. The molecule has 0 saturated carbocycles. The predicted octanol–water partition coefficient (Wildman–Crippen LogP) is 1.53. The fourth-order valence-electron chi connectivity index (χ4n) is 1.13. The molecule has 0 aromatic heterocycles. The van der Waals surface area contributed by atoms with E-state index in [0.717, 1.165) is 0 Å². The Labute approximate surface area is 74.8 Å². The van der Waals surface area contributed by atoms with Gasteiger partial charge in [-0.25, -0.2) is 5.01 Å². The van der Waals surface area contributed by atoms with Crippen molar-refractivity contribution in [2.24, 2.45) is 5.29 Å². The lowest BCUT2D eigenvalue weighted by atomic mass is 10.3. The molecule has 1 aromatic rings. The minimum atomic E-state index is 0.233. The first-order valence-corrected chi connectivity index (χ1v) is 3.78. The number of hydrogen-bond acceptors (Lipinski definition) is 4. The molecule has 1 aromatic carbocycles. The third-order valence-corrected chi connectivity index (χ3v) is 1.85. The van der Waals surface area contributed by atoms with Crippen molar-refractivity contribution in [1.82, 2.24) is 0 Å². The molecule has 0 saturated heterocycles. The predicted molar refractivity (Wildman–Crippen MR) is 46.8 cm³/mol. The molecule has 1 heterocycles. The summed E-state index contributed by atoms with van der Waals surface area (Å²) in [6.07, 6.45) is 0. The van der Waals surface area contributed by atoms with E-state index in [4.69, 9.17) is 9.47 Å². The lowest BCUT2D eigenvalue weighted by Crippen LogP contribution is -2.06. The Bertz CT molecular complexity index is 340. The van der Waals surface area contributed by atoms with E-state index in [9.17, 15) is 4.91 Å². The Kier molecular flexibility index (Phi) is 1.77. The van der Waals surface area contributed by atoms with Crippen molar-refractivity contribution in [3.05, 3.63) is 23.1 Å². The summed E-state index contributed by atoms with van der Waals surface area (Å²) in [7, 11) is 1.57. The highest BCUT2D eigenvalue weighted by atomic mass is 16.7. The quantitative estimate of drug-likeness (QED) is 0.511. The van der Waals surface area contributed by atoms with E-state index in [1.165, 1.54) is 5.01 Å². The van der Waals surface area contributed by atoms with Gasteiger partial charge in [-0.15, -0.1) is 4.91 Å². The number of fused-ring (bicyclic) bond motifs is 1. The van der Waals surface area contributed by atoms with Gasteiger partial charge >= 0.3 is 0 Å². The summed E-state index contributed by atoms with van der Waals surface area (Å²) in [5.41, 5.74) is 0.680. The maximum atomic E-state index is 10.2. The smallest absolute Gasteiger partial charge is 0.231 e. The third kappa shape index (κ3) is 1.28. The fraction of sp³-hybridized carbons (Fsp3) is 0.250. The molecule has 1 aliphatic heterocycles. The van der Waals surface area contributed by atoms with Gasteiger partial charge in [0, 0.05) is 13.1 Å². The normalized spacial score (nSPS) is 12.7. The molecule has 68 valence electrons. The standard InChI is InChI=1S/C8H8N2O3/c1-10(9-11)6-2-3-7-8(4-6)13-5-12-7/h2-4H,5H2,1H3. The van der Waals surface area contributed by atoms with Crippen molar-refractivity contribution in [3.8, 4) is 11.5 Å². The highest BCUT2D eigenvalue weighted by molar-refractivity contribution is 5.56. The number of anilines is 1. The molecule has 5 nitrogen and oxygen atoms in total. The van der Waals surface area contributed by atoms with Gasteiger partial charge in [-0.05, 0) is 12.1 Å². The van der Waals surface area contributed by atoms with E-state index in [-0.39, 0.29) is 6.79 Å². The SMILES string of the molecule is CN(N=O)c1ccc2c(c1)OCO2. The lowest BCUT2D eigenvalue weighted by molar-refractivity contribution is 0.174. The minimum Gasteiger partial charge on any atom is -0.454 e. The van der Waals surface area contributed by atoms with Gasteiger partial charge in [0.2, 0.25) is 6.79 Å². The number of ether oxygens (including phenoxy) is 2. The first-order valence-electron chi connectivity index (χ1n) is 3.78. The zero-order valence-corrected chi connectivity index (χ0v) is 7.06. The number of benzene rings is 1. The summed E-state index contributed by atoms with van der Waals surface area (Å²) in [4.78, 5) is 10.2. The summed E-state index contributed by atoms with van der Waals surface area (Å²) in [5, 5.41) is 4.00. The molecule has 0 amide bonds. The van der Waals surface area contributed by atoms with E-state index < -0.39 is 0 Å². The Morgan fingerprint density at radius 2 is 2.15 bits per heavy atom. The molecule has 5 heteroatoms. The van der Waals surface area contributed by atoms with Gasteiger partial charge in [0.25, 0.3) is 0 Å². The molecular formula is C8H8N2O3. The highest BCUT2D eigenvalue weighted by Gasteiger charge is 2.14. The van der Waals surface area contributed by atoms with Crippen LogP contribution < -0.4 is 14.5 Å². The van der Waals surface area contributed by atoms with E-state index in [1.54, 1.807) is 25.2 Å². The van der Waals surface area contributed by atoms with Crippen LogP contribution in [0.2, 0.25) is 0 Å². The summed E-state index contributed by atoms with van der Waals surface area (Å²) >= 11 is 0. The number of hydrogen-bond donors (Lipinski definition) is 0. The number of nitroso groups, excluding NO2 is 1. The van der Waals surface area contributed by atoms with Crippen molar-refractivity contribution >= 4 is 5.69 Å². The second-order valence-corrected chi connectivity index (χ2v) is 2.64. The van der Waals surface area contributed by atoms with Gasteiger partial charge in [0.1, 0.15) is 0 Å². The van der Waals surface area contributed by atoms with Gasteiger partial charge in [-0.1, -0.05) is 0 Å². The third-order valence-electron chi connectivity index (χ3n) is 1.85. The van der Waals surface area contributed by atoms with Crippen LogP contribution >= 0.6 is 0 Å². The zero-order valence-electron chi connectivity index (χ0n) is 7.06. The van der Waals surface area contributed by atoms with Crippen LogP contribution in [-0.2, 0) is 0 Å². The Hall–Kier alpha value is -1.78. The first kappa shape index (κ1) is 7.85. The molecule has 0 aliphatic carbocycles. The van der Waals surface area contributed by atoms with E-state index in [2.05, 4.69) is 5.29 Å². The maximum Gasteiger partial charge on any atom is 0.231 e. The molecule has 0 radical (unpaired) electrons. The van der Waals surface area contributed by atoms with Crippen LogP contribution in [-0.4, -0.2) is 13.8 Å². The summed E-state index contributed by atoms with van der Waals surface area (Å²) in [5.74, 6) is 1.34. The van der Waals surface area contributed by atoms with Crippen molar-refractivity contribution in [2.45, 2.75) is 0 Å². The summed E-state index contributed by atoms with van der Waals surface area (Å²) in [6, 6.07) is 5.21. The monoisotopic (exact) mass is 180 g/mol. The zero-order chi connectivity index (χ0) is 9.26. The molecule has 0 unspecified atom stereocenters. The van der Waals surface area contributed by atoms with Gasteiger partial charge < -0.3 is 9.47 Å². The van der Waals surface area contributed by atoms with Crippen LogP contribution in [0.5, 0.6) is 11.5 Å². The van der Waals surface area contributed by atoms with E-state index in [1.807, 2.05) is 0 Å². The minimum absolute atomic E-state index is 0.233. The fourth-order valence-corrected chi connectivity index (χ4v) is 1.13. The second kappa shape index (κ2) is 2.93. The van der Waals surface area contributed by atoms with Crippen LogP contribution in [0.25, 0.3) is 0 Å². The second-order valence-electron chi connectivity index (χ2n) is 2.64. The number of nitrogens with zero attached hydrogens (tertiary/aromatic N) is 2. The average molecular weight is 180 g/mol. The molecular weight excluding hydrogens is 172 g/mol. The molecule has 1 aliphatic rings. The number of rotatable bonds is 2. The molecule has 13 heavy (non-hydrogen) atoms. The van der Waals surface area contributed by atoms with Gasteiger partial charge in [0.05, 0.1) is 11.0 Å². The van der Waals surface area contributed by atoms with E-state index >= 15 is 0 Å². The molecule has 0 bridgehead atoms. The van der Waals surface area contributed by atoms with Crippen LogP contribution in [0.15, 0.2) is 23.5 Å². The Morgan fingerprint density at radius 3 is 2.92 bits per heavy atom. The molecule has 2 rings (SSSR count). The Balaban J connectivity index is 2.35. The van der Waals surface area contributed by atoms with Crippen LogP contribution in [0.4, 0.5) is 5.69 Å². The van der Waals surface area contributed by atoms with Crippen LogP contribution in [0.3, 0.4) is 0 Å². The van der Waals surface area contributed by atoms with Crippen LogP contribution in [0, 0.1) is 4.91 Å². The van der Waals surface area contributed by atoms with Crippen molar-refractivity contribution in [2.75, 3.05) is 18.8 Å². The van der Waals surface area contributed by atoms with Crippen molar-refractivity contribution in [3.63, 3.8) is 0 Å². The summed E-state index contributed by atoms with van der Waals surface area (Å²) in [6.45, 7) is 0.233. The van der Waals surface area contributed by atoms with Crippen molar-refractivity contribution < 1.29 is 9.47 Å². The van der Waals surface area contributed by atoms with Gasteiger partial charge in [0.15, 0.2) is 11.5 Å². The first-order chi connectivity index (χ1) is 6.31. The highest BCUT2D eigenvalue weighted by Crippen LogP contribution is 2.35. The van der Waals surface area contributed by atoms with Gasteiger partial charge in [-0.2, -0.15) is 0 Å². The molecule has 0 atom stereocenters. The van der Waals surface area contributed by atoms with Crippen LogP contribution in [0.1, 0.15) is 0 Å².